The Morgan fingerprint density at radius 1 is 1.32 bits per heavy atom. The van der Waals surface area contributed by atoms with Crippen LogP contribution in [0.3, 0.4) is 0 Å². The Morgan fingerprint density at radius 3 is 2.74 bits per heavy atom. The summed E-state index contributed by atoms with van der Waals surface area (Å²) in [5.74, 6) is 0. The summed E-state index contributed by atoms with van der Waals surface area (Å²) >= 11 is 9.44. The molecule has 0 aliphatic rings. The molecule has 1 aromatic heterocycles. The van der Waals surface area contributed by atoms with E-state index >= 15 is 0 Å². The SMILES string of the molecule is CCc1cc(CNc2ccc(Cl)cc2Br)n(CC)n1. The van der Waals surface area contributed by atoms with Gasteiger partial charge in [0.1, 0.15) is 0 Å². The van der Waals surface area contributed by atoms with E-state index in [-0.39, 0.29) is 0 Å². The van der Waals surface area contributed by atoms with Crippen molar-refractivity contribution in [1.82, 2.24) is 9.78 Å². The highest BCUT2D eigenvalue weighted by atomic mass is 79.9. The summed E-state index contributed by atoms with van der Waals surface area (Å²) in [6.07, 6.45) is 0.963. The lowest BCUT2D eigenvalue weighted by atomic mass is 10.3. The maximum absolute atomic E-state index is 5.93. The predicted octanol–water partition coefficient (Wildman–Crippen LogP) is 4.49. The second-order valence-electron chi connectivity index (χ2n) is 4.27. The molecule has 0 saturated heterocycles. The molecular weight excluding hydrogens is 326 g/mol. The number of aromatic nitrogens is 2. The standard InChI is InChI=1S/C14H17BrClN3/c1-3-11-8-12(19(4-2)18-11)9-17-14-6-5-10(16)7-13(14)15/h5-8,17H,3-4,9H2,1-2H3. The van der Waals surface area contributed by atoms with E-state index < -0.39 is 0 Å². The highest BCUT2D eigenvalue weighted by Gasteiger charge is 2.06. The second-order valence-corrected chi connectivity index (χ2v) is 5.56. The van der Waals surface area contributed by atoms with Gasteiger partial charge in [-0.2, -0.15) is 5.10 Å². The average molecular weight is 343 g/mol. The van der Waals surface area contributed by atoms with Crippen LogP contribution in [0.15, 0.2) is 28.7 Å². The van der Waals surface area contributed by atoms with Crippen molar-refractivity contribution in [1.29, 1.82) is 0 Å². The van der Waals surface area contributed by atoms with Gasteiger partial charge in [0.05, 0.1) is 17.9 Å². The van der Waals surface area contributed by atoms with E-state index in [1.165, 1.54) is 5.69 Å². The third-order valence-corrected chi connectivity index (χ3v) is 3.86. The first kappa shape index (κ1) is 14.4. The molecule has 5 heteroatoms. The maximum Gasteiger partial charge on any atom is 0.0625 e. The molecule has 0 saturated carbocycles. The zero-order valence-corrected chi connectivity index (χ0v) is 13.4. The summed E-state index contributed by atoms with van der Waals surface area (Å²) < 4.78 is 3.01. The summed E-state index contributed by atoms with van der Waals surface area (Å²) in [6.45, 7) is 5.86. The van der Waals surface area contributed by atoms with Gasteiger partial charge in [-0.25, -0.2) is 0 Å². The van der Waals surface area contributed by atoms with Gasteiger partial charge in [0.2, 0.25) is 0 Å². The molecule has 0 fully saturated rings. The van der Waals surface area contributed by atoms with E-state index in [9.17, 15) is 0 Å². The number of benzene rings is 1. The van der Waals surface area contributed by atoms with Crippen molar-refractivity contribution in [2.24, 2.45) is 0 Å². The first-order valence-electron chi connectivity index (χ1n) is 6.38. The van der Waals surface area contributed by atoms with Gasteiger partial charge in [0, 0.05) is 21.7 Å². The molecule has 0 aliphatic carbocycles. The largest absolute Gasteiger partial charge is 0.378 e. The zero-order valence-electron chi connectivity index (χ0n) is 11.1. The molecule has 0 atom stereocenters. The number of anilines is 1. The Bertz CT molecular complexity index is 566. The minimum absolute atomic E-state index is 0.726. The number of nitrogens with zero attached hydrogens (tertiary/aromatic N) is 2. The zero-order chi connectivity index (χ0) is 13.8. The Hall–Kier alpha value is -1.00. The lowest BCUT2D eigenvalue weighted by molar-refractivity contribution is 0.619. The minimum Gasteiger partial charge on any atom is -0.378 e. The molecule has 1 N–H and O–H groups in total. The first-order chi connectivity index (χ1) is 9.13. The lowest BCUT2D eigenvalue weighted by Crippen LogP contribution is -2.08. The smallest absolute Gasteiger partial charge is 0.0625 e. The van der Waals surface area contributed by atoms with Crippen LogP contribution in [0.2, 0.25) is 5.02 Å². The van der Waals surface area contributed by atoms with Crippen molar-refractivity contribution in [2.75, 3.05) is 5.32 Å². The van der Waals surface area contributed by atoms with Crippen LogP contribution in [0, 0.1) is 0 Å². The van der Waals surface area contributed by atoms with Gasteiger partial charge in [0.15, 0.2) is 0 Å². The molecule has 0 spiro atoms. The van der Waals surface area contributed by atoms with E-state index in [1.54, 1.807) is 0 Å². The summed E-state index contributed by atoms with van der Waals surface area (Å²) in [6, 6.07) is 7.89. The average Bonchev–Trinajstić information content (AvgIpc) is 2.80. The Labute approximate surface area is 127 Å². The van der Waals surface area contributed by atoms with Gasteiger partial charge < -0.3 is 5.32 Å². The van der Waals surface area contributed by atoms with Crippen LogP contribution in [0.4, 0.5) is 5.69 Å². The van der Waals surface area contributed by atoms with Gasteiger partial charge >= 0.3 is 0 Å². The van der Waals surface area contributed by atoms with Crippen molar-refractivity contribution >= 4 is 33.2 Å². The fourth-order valence-electron chi connectivity index (χ4n) is 1.92. The quantitative estimate of drug-likeness (QED) is 0.867. The monoisotopic (exact) mass is 341 g/mol. The van der Waals surface area contributed by atoms with Gasteiger partial charge in [-0.1, -0.05) is 18.5 Å². The van der Waals surface area contributed by atoms with Crippen molar-refractivity contribution in [3.8, 4) is 0 Å². The molecule has 0 aliphatic heterocycles. The van der Waals surface area contributed by atoms with E-state index in [2.05, 4.69) is 46.3 Å². The molecule has 2 aromatic rings. The van der Waals surface area contributed by atoms with Gasteiger partial charge in [-0.05, 0) is 53.5 Å². The highest BCUT2D eigenvalue weighted by molar-refractivity contribution is 9.10. The van der Waals surface area contributed by atoms with E-state index in [1.807, 2.05) is 22.9 Å². The summed E-state index contributed by atoms with van der Waals surface area (Å²) in [4.78, 5) is 0. The number of aryl methyl sites for hydroxylation is 2. The van der Waals surface area contributed by atoms with Crippen LogP contribution < -0.4 is 5.32 Å². The Kier molecular flexibility index (Phi) is 4.88. The molecule has 0 amide bonds. The predicted molar refractivity (Wildman–Crippen MR) is 83.8 cm³/mol. The van der Waals surface area contributed by atoms with Crippen LogP contribution in [0.1, 0.15) is 25.2 Å². The van der Waals surface area contributed by atoms with Gasteiger partial charge in [0.25, 0.3) is 0 Å². The molecule has 1 aromatic carbocycles. The molecule has 19 heavy (non-hydrogen) atoms. The van der Waals surface area contributed by atoms with Crippen LogP contribution in [0.25, 0.3) is 0 Å². The minimum atomic E-state index is 0.726. The van der Waals surface area contributed by atoms with Crippen LogP contribution in [-0.4, -0.2) is 9.78 Å². The lowest BCUT2D eigenvalue weighted by Gasteiger charge is -2.09. The molecule has 1 heterocycles. The normalized spacial score (nSPS) is 10.7. The Morgan fingerprint density at radius 2 is 2.11 bits per heavy atom. The van der Waals surface area contributed by atoms with Gasteiger partial charge in [-0.3, -0.25) is 4.68 Å². The first-order valence-corrected chi connectivity index (χ1v) is 7.55. The van der Waals surface area contributed by atoms with Crippen molar-refractivity contribution < 1.29 is 0 Å². The van der Waals surface area contributed by atoms with Crippen LogP contribution in [0.5, 0.6) is 0 Å². The fraction of sp³-hybridized carbons (Fsp3) is 0.357. The molecule has 0 radical (unpaired) electrons. The highest BCUT2D eigenvalue weighted by Crippen LogP contribution is 2.26. The third kappa shape index (κ3) is 3.51. The third-order valence-electron chi connectivity index (χ3n) is 2.97. The van der Waals surface area contributed by atoms with E-state index in [0.717, 1.165) is 40.4 Å². The molecule has 0 unspecified atom stereocenters. The molecule has 102 valence electrons. The van der Waals surface area contributed by atoms with E-state index in [0.29, 0.717) is 0 Å². The van der Waals surface area contributed by atoms with Crippen LogP contribution >= 0.6 is 27.5 Å². The molecule has 2 rings (SSSR count). The summed E-state index contributed by atoms with van der Waals surface area (Å²) in [7, 11) is 0. The summed E-state index contributed by atoms with van der Waals surface area (Å²) in [5, 5.41) is 8.67. The molecule has 3 nitrogen and oxygen atoms in total. The van der Waals surface area contributed by atoms with Gasteiger partial charge in [-0.15, -0.1) is 0 Å². The molecular formula is C14H17BrClN3. The van der Waals surface area contributed by atoms with E-state index in [4.69, 9.17) is 11.6 Å². The number of hydrogen-bond acceptors (Lipinski definition) is 2. The second kappa shape index (κ2) is 6.44. The summed E-state index contributed by atoms with van der Waals surface area (Å²) in [5.41, 5.74) is 3.36. The molecule has 0 bridgehead atoms. The van der Waals surface area contributed by atoms with Crippen molar-refractivity contribution in [3.05, 3.63) is 45.1 Å². The number of rotatable bonds is 5. The number of hydrogen-bond donors (Lipinski definition) is 1. The fourth-order valence-corrected chi connectivity index (χ4v) is 2.75. The number of halogens is 2. The van der Waals surface area contributed by atoms with Crippen LogP contribution in [-0.2, 0) is 19.5 Å². The Balaban J connectivity index is 2.11. The van der Waals surface area contributed by atoms with Crippen molar-refractivity contribution in [2.45, 2.75) is 33.4 Å². The maximum atomic E-state index is 5.93. The number of nitrogens with one attached hydrogen (secondary N) is 1. The topological polar surface area (TPSA) is 29.9 Å². The van der Waals surface area contributed by atoms with Crippen molar-refractivity contribution in [3.63, 3.8) is 0 Å².